The van der Waals surface area contributed by atoms with Crippen molar-refractivity contribution in [3.05, 3.63) is 109 Å². The average molecular weight is 561 g/mol. The third kappa shape index (κ3) is 5.77. The van der Waals surface area contributed by atoms with Crippen molar-refractivity contribution < 1.29 is 9.66 Å². The van der Waals surface area contributed by atoms with Crippen molar-refractivity contribution in [1.29, 1.82) is 0 Å². The van der Waals surface area contributed by atoms with Crippen molar-refractivity contribution in [2.24, 2.45) is 5.10 Å². The molecule has 0 bridgehead atoms. The van der Waals surface area contributed by atoms with Crippen LogP contribution in [-0.4, -0.2) is 20.8 Å². The van der Waals surface area contributed by atoms with Gasteiger partial charge in [0.2, 0.25) is 0 Å². The molecule has 0 spiro atoms. The first-order valence-electron chi connectivity index (χ1n) is 12.2. The lowest BCUT2D eigenvalue weighted by molar-refractivity contribution is -0.384. The minimum absolute atomic E-state index is 0.0420. The van der Waals surface area contributed by atoms with Crippen molar-refractivity contribution in [2.45, 2.75) is 44.6 Å². The lowest BCUT2D eigenvalue weighted by Crippen LogP contribution is -2.25. The third-order valence-electron chi connectivity index (χ3n) is 6.54. The molecular formula is C28H25BrN4O4. The Balaban J connectivity index is 1.41. The number of aromatic nitrogens is 2. The number of rotatable bonds is 7. The summed E-state index contributed by atoms with van der Waals surface area (Å²) in [6, 6.07) is 19.2. The van der Waals surface area contributed by atoms with Crippen molar-refractivity contribution in [2.75, 3.05) is 0 Å². The third-order valence-corrected chi connectivity index (χ3v) is 7.03. The molecule has 1 aliphatic carbocycles. The Hall–Kier alpha value is -3.85. The van der Waals surface area contributed by atoms with Crippen LogP contribution >= 0.6 is 15.9 Å². The zero-order valence-electron chi connectivity index (χ0n) is 20.0. The van der Waals surface area contributed by atoms with Gasteiger partial charge < -0.3 is 4.74 Å². The number of nitro groups is 1. The van der Waals surface area contributed by atoms with Crippen LogP contribution in [0.4, 0.5) is 5.69 Å². The van der Waals surface area contributed by atoms with E-state index >= 15 is 0 Å². The first kappa shape index (κ1) is 24.8. The number of fused-ring (bicyclic) bond motifs is 1. The van der Waals surface area contributed by atoms with Gasteiger partial charge in [-0.3, -0.25) is 14.9 Å². The standard InChI is InChI=1S/C28H25BrN4O4/c29-22-11-14-26-25(16-22)28(34)32(27(31-26)21-6-2-1-3-7-21)30-17-20-5-4-8-24(15-20)37-18-19-9-12-23(13-10-19)33(35)36/h4-5,8-17,21H,1-3,6-7,18H2. The van der Waals surface area contributed by atoms with Crippen LogP contribution in [0.15, 0.2) is 81.1 Å². The van der Waals surface area contributed by atoms with Gasteiger partial charge >= 0.3 is 0 Å². The van der Waals surface area contributed by atoms with Gasteiger partial charge in [0.15, 0.2) is 0 Å². The molecule has 0 saturated heterocycles. The molecule has 188 valence electrons. The van der Waals surface area contributed by atoms with Gasteiger partial charge in [-0.25, -0.2) is 4.98 Å². The van der Waals surface area contributed by atoms with E-state index in [0.29, 0.717) is 22.5 Å². The van der Waals surface area contributed by atoms with Crippen LogP contribution in [0, 0.1) is 10.1 Å². The fraction of sp³-hybridized carbons (Fsp3) is 0.250. The monoisotopic (exact) mass is 560 g/mol. The fourth-order valence-corrected chi connectivity index (χ4v) is 4.95. The van der Waals surface area contributed by atoms with E-state index in [1.807, 2.05) is 36.4 Å². The number of ether oxygens (including phenoxy) is 1. The van der Waals surface area contributed by atoms with E-state index in [1.165, 1.54) is 23.2 Å². The van der Waals surface area contributed by atoms with Crippen LogP contribution in [0.1, 0.15) is 55.0 Å². The lowest BCUT2D eigenvalue weighted by Gasteiger charge is -2.22. The summed E-state index contributed by atoms with van der Waals surface area (Å²) < 4.78 is 8.15. The zero-order valence-corrected chi connectivity index (χ0v) is 21.6. The Morgan fingerprint density at radius 2 is 1.86 bits per heavy atom. The number of hydrogen-bond donors (Lipinski definition) is 0. The first-order chi connectivity index (χ1) is 18.0. The molecule has 1 aromatic heterocycles. The second kappa shape index (κ2) is 11.0. The van der Waals surface area contributed by atoms with Crippen molar-refractivity contribution in [3.8, 4) is 5.75 Å². The van der Waals surface area contributed by atoms with Gasteiger partial charge in [-0.05, 0) is 66.4 Å². The summed E-state index contributed by atoms with van der Waals surface area (Å²) in [6.45, 7) is 0.271. The predicted molar refractivity (Wildman–Crippen MR) is 146 cm³/mol. The molecule has 5 rings (SSSR count). The molecule has 0 amide bonds. The number of nitrogens with zero attached hydrogens (tertiary/aromatic N) is 4. The molecule has 1 saturated carbocycles. The van der Waals surface area contributed by atoms with Crippen LogP contribution in [0.5, 0.6) is 5.75 Å². The molecule has 1 aliphatic rings. The summed E-state index contributed by atoms with van der Waals surface area (Å²) in [5.74, 6) is 1.53. The zero-order chi connectivity index (χ0) is 25.8. The van der Waals surface area contributed by atoms with E-state index in [-0.39, 0.29) is 23.8 Å². The Kier molecular flexibility index (Phi) is 7.41. The average Bonchev–Trinajstić information content (AvgIpc) is 2.92. The number of hydrogen-bond acceptors (Lipinski definition) is 6. The Labute approximate surface area is 221 Å². The van der Waals surface area contributed by atoms with Crippen LogP contribution in [0.25, 0.3) is 10.9 Å². The Bertz CT molecular complexity index is 1530. The highest BCUT2D eigenvalue weighted by Gasteiger charge is 2.22. The molecule has 37 heavy (non-hydrogen) atoms. The normalized spacial score (nSPS) is 14.3. The van der Waals surface area contributed by atoms with E-state index in [0.717, 1.165) is 41.3 Å². The number of nitro benzene ring substituents is 1. The van der Waals surface area contributed by atoms with Crippen LogP contribution in [-0.2, 0) is 6.61 Å². The number of benzene rings is 3. The highest BCUT2D eigenvalue weighted by Crippen LogP contribution is 2.32. The summed E-state index contributed by atoms with van der Waals surface area (Å²) in [6.07, 6.45) is 7.09. The Morgan fingerprint density at radius 3 is 2.62 bits per heavy atom. The van der Waals surface area contributed by atoms with Crippen LogP contribution in [0.2, 0.25) is 0 Å². The topological polar surface area (TPSA) is 99.6 Å². The summed E-state index contributed by atoms with van der Waals surface area (Å²) >= 11 is 3.45. The quantitative estimate of drug-likeness (QED) is 0.144. The van der Waals surface area contributed by atoms with Gasteiger partial charge in [-0.15, -0.1) is 0 Å². The second-order valence-corrected chi connectivity index (χ2v) is 10.0. The summed E-state index contributed by atoms with van der Waals surface area (Å²) in [5.41, 5.74) is 2.13. The van der Waals surface area contributed by atoms with Crippen LogP contribution < -0.4 is 10.3 Å². The fourth-order valence-electron chi connectivity index (χ4n) is 4.59. The van der Waals surface area contributed by atoms with Gasteiger partial charge in [0.05, 0.1) is 22.0 Å². The number of halogens is 1. The highest BCUT2D eigenvalue weighted by atomic mass is 79.9. The highest BCUT2D eigenvalue weighted by molar-refractivity contribution is 9.10. The molecule has 9 heteroatoms. The molecular weight excluding hydrogens is 536 g/mol. The van der Waals surface area contributed by atoms with E-state index in [1.54, 1.807) is 24.4 Å². The van der Waals surface area contributed by atoms with Gasteiger partial charge in [-0.2, -0.15) is 9.78 Å². The van der Waals surface area contributed by atoms with Gasteiger partial charge in [-0.1, -0.05) is 47.3 Å². The van der Waals surface area contributed by atoms with Crippen molar-refractivity contribution >= 4 is 38.7 Å². The molecule has 8 nitrogen and oxygen atoms in total. The minimum Gasteiger partial charge on any atom is -0.489 e. The van der Waals surface area contributed by atoms with Gasteiger partial charge in [0.1, 0.15) is 18.2 Å². The maximum atomic E-state index is 13.5. The van der Waals surface area contributed by atoms with Crippen LogP contribution in [0.3, 0.4) is 0 Å². The second-order valence-electron chi connectivity index (χ2n) is 9.11. The first-order valence-corrected chi connectivity index (χ1v) is 13.0. The maximum Gasteiger partial charge on any atom is 0.282 e. The molecule has 0 aliphatic heterocycles. The molecule has 3 aromatic carbocycles. The smallest absolute Gasteiger partial charge is 0.282 e. The van der Waals surface area contributed by atoms with E-state index in [4.69, 9.17) is 9.72 Å². The van der Waals surface area contributed by atoms with Gasteiger partial charge in [0.25, 0.3) is 11.2 Å². The SMILES string of the molecule is O=c1c2cc(Br)ccc2nc(C2CCCCC2)n1N=Cc1cccc(OCc2ccc([N+](=O)[O-])cc2)c1. The van der Waals surface area contributed by atoms with E-state index in [2.05, 4.69) is 21.0 Å². The lowest BCUT2D eigenvalue weighted by atomic mass is 9.88. The van der Waals surface area contributed by atoms with E-state index in [9.17, 15) is 14.9 Å². The number of non-ortho nitro benzene ring substituents is 1. The summed E-state index contributed by atoms with van der Waals surface area (Å²) in [7, 11) is 0. The minimum atomic E-state index is -0.428. The maximum absolute atomic E-state index is 13.5. The largest absolute Gasteiger partial charge is 0.489 e. The molecule has 0 unspecified atom stereocenters. The van der Waals surface area contributed by atoms with Gasteiger partial charge in [0, 0.05) is 22.5 Å². The Morgan fingerprint density at radius 1 is 1.08 bits per heavy atom. The molecule has 1 heterocycles. The summed E-state index contributed by atoms with van der Waals surface area (Å²) in [4.78, 5) is 28.8. The van der Waals surface area contributed by atoms with Crippen molar-refractivity contribution in [1.82, 2.24) is 9.66 Å². The molecule has 4 aromatic rings. The molecule has 0 radical (unpaired) electrons. The molecule has 1 fully saturated rings. The van der Waals surface area contributed by atoms with Crippen molar-refractivity contribution in [3.63, 3.8) is 0 Å². The predicted octanol–water partition coefficient (Wildman–Crippen LogP) is 6.58. The summed E-state index contributed by atoms with van der Waals surface area (Å²) in [5, 5.41) is 16.0. The van der Waals surface area contributed by atoms with E-state index < -0.39 is 4.92 Å². The molecule has 0 N–H and O–H groups in total. The molecule has 0 atom stereocenters.